The summed E-state index contributed by atoms with van der Waals surface area (Å²) >= 11 is 0. The average molecular weight is 418 g/mol. The van der Waals surface area contributed by atoms with Crippen LogP contribution in [0.1, 0.15) is 0 Å². The number of aliphatic hydroxyl groups excluding tert-OH is 6. The Kier molecular flexibility index (Phi) is 9.35. The van der Waals surface area contributed by atoms with Crippen molar-refractivity contribution in [2.45, 2.75) is 30.5 Å². The van der Waals surface area contributed by atoms with Crippen LogP contribution in [0.4, 0.5) is 11.4 Å². The fraction of sp³-hybridized carbons (Fsp3) is 0.300. The minimum absolute atomic E-state index is 0.167. The summed E-state index contributed by atoms with van der Waals surface area (Å²) in [5, 5.41) is 66.9. The maximum absolute atomic E-state index is 10.5. The predicted molar refractivity (Wildman–Crippen MR) is 113 cm³/mol. The fourth-order valence-electron chi connectivity index (χ4n) is 2.40. The maximum Gasteiger partial charge on any atom is 0.128 e. The third-order valence-electron chi connectivity index (χ3n) is 4.16. The van der Waals surface area contributed by atoms with Crippen molar-refractivity contribution in [2.24, 2.45) is 10.2 Å². The van der Waals surface area contributed by atoms with E-state index < -0.39 is 37.1 Å². The molecule has 0 saturated heterocycles. The Hall–Kier alpha value is -2.86. The number of hydrazone groups is 2. The molecule has 162 valence electrons. The third-order valence-corrected chi connectivity index (χ3v) is 4.16. The van der Waals surface area contributed by atoms with E-state index in [2.05, 4.69) is 21.1 Å². The molecule has 30 heavy (non-hydrogen) atoms. The van der Waals surface area contributed by atoms with E-state index in [4.69, 9.17) is 5.11 Å². The minimum atomic E-state index is -1.96. The van der Waals surface area contributed by atoms with Gasteiger partial charge in [-0.05, 0) is 24.3 Å². The molecule has 0 amide bonds. The SMILES string of the molecule is OC[C@@H](O)[C@@H](O)[C@@H](O)[C@H](O)[C@@H](O)C(/C=N\Nc1ccccc1)=N/Nc1ccccc1. The van der Waals surface area contributed by atoms with Gasteiger partial charge in [0.05, 0.1) is 24.2 Å². The van der Waals surface area contributed by atoms with Crippen LogP contribution in [0.15, 0.2) is 70.9 Å². The van der Waals surface area contributed by atoms with Gasteiger partial charge in [0.2, 0.25) is 0 Å². The van der Waals surface area contributed by atoms with Crippen molar-refractivity contribution < 1.29 is 30.6 Å². The van der Waals surface area contributed by atoms with Gasteiger partial charge in [0.1, 0.15) is 36.2 Å². The number of aliphatic hydroxyl groups is 6. The molecule has 0 unspecified atom stereocenters. The van der Waals surface area contributed by atoms with Crippen LogP contribution in [0.3, 0.4) is 0 Å². The first-order valence-electron chi connectivity index (χ1n) is 9.18. The predicted octanol–water partition coefficient (Wildman–Crippen LogP) is -0.651. The molecular weight excluding hydrogens is 392 g/mol. The van der Waals surface area contributed by atoms with E-state index in [0.717, 1.165) is 6.21 Å². The highest BCUT2D eigenvalue weighted by molar-refractivity contribution is 6.33. The van der Waals surface area contributed by atoms with Crippen LogP contribution in [0.25, 0.3) is 0 Å². The highest BCUT2D eigenvalue weighted by atomic mass is 16.4. The first-order chi connectivity index (χ1) is 14.4. The summed E-state index contributed by atoms with van der Waals surface area (Å²) in [6, 6.07) is 17.7. The molecule has 0 spiro atoms. The standard InChI is InChI=1S/C20H26N4O6/c25-12-16(26)18(28)20(30)19(29)17(27)15(24-23-14-9-5-2-6-10-14)11-21-22-13-7-3-1-4-8-13/h1-11,16-20,22-23,25-30H,12H2/b21-11-,24-15+/t16-,17+,18-,19-,20-/m1/s1. The van der Waals surface area contributed by atoms with Gasteiger partial charge in [0, 0.05) is 0 Å². The maximum atomic E-state index is 10.5. The van der Waals surface area contributed by atoms with Crippen LogP contribution in [0.5, 0.6) is 0 Å². The van der Waals surface area contributed by atoms with Crippen molar-refractivity contribution in [3.63, 3.8) is 0 Å². The number of benzene rings is 2. The summed E-state index contributed by atoms with van der Waals surface area (Å²) in [4.78, 5) is 0. The molecule has 0 bridgehead atoms. The summed E-state index contributed by atoms with van der Waals surface area (Å²) in [5.41, 5.74) is 6.52. The van der Waals surface area contributed by atoms with Gasteiger partial charge >= 0.3 is 0 Å². The van der Waals surface area contributed by atoms with Crippen molar-refractivity contribution in [1.29, 1.82) is 0 Å². The molecule has 5 atom stereocenters. The van der Waals surface area contributed by atoms with Crippen LogP contribution in [0.2, 0.25) is 0 Å². The smallest absolute Gasteiger partial charge is 0.128 e. The monoisotopic (exact) mass is 418 g/mol. The molecule has 2 rings (SSSR count). The minimum Gasteiger partial charge on any atom is -0.394 e. The lowest BCUT2D eigenvalue weighted by atomic mass is 9.97. The molecule has 2 aromatic rings. The Morgan fingerprint density at radius 3 is 1.83 bits per heavy atom. The summed E-state index contributed by atoms with van der Waals surface area (Å²) < 4.78 is 0. The van der Waals surface area contributed by atoms with Gasteiger partial charge in [-0.3, -0.25) is 10.9 Å². The van der Waals surface area contributed by atoms with Gasteiger partial charge in [-0.15, -0.1) is 0 Å². The van der Waals surface area contributed by atoms with Gasteiger partial charge in [-0.1, -0.05) is 36.4 Å². The zero-order chi connectivity index (χ0) is 21.9. The zero-order valence-electron chi connectivity index (χ0n) is 16.0. The molecule has 0 aliphatic carbocycles. The topological polar surface area (TPSA) is 170 Å². The summed E-state index contributed by atoms with van der Waals surface area (Å²) in [7, 11) is 0. The van der Waals surface area contributed by atoms with Crippen LogP contribution in [0, 0.1) is 0 Å². The van der Waals surface area contributed by atoms with Gasteiger partial charge in [-0.2, -0.15) is 10.2 Å². The molecular formula is C20H26N4O6. The number of rotatable bonds is 11. The number of para-hydroxylation sites is 2. The molecule has 2 aromatic carbocycles. The van der Waals surface area contributed by atoms with Gasteiger partial charge in [-0.25, -0.2) is 0 Å². The number of nitrogens with one attached hydrogen (secondary N) is 2. The third kappa shape index (κ3) is 6.88. The van der Waals surface area contributed by atoms with Crippen LogP contribution < -0.4 is 10.9 Å². The van der Waals surface area contributed by atoms with E-state index in [0.29, 0.717) is 11.4 Å². The zero-order valence-corrected chi connectivity index (χ0v) is 16.0. The Morgan fingerprint density at radius 1 is 0.767 bits per heavy atom. The van der Waals surface area contributed by atoms with E-state index in [9.17, 15) is 25.5 Å². The van der Waals surface area contributed by atoms with Crippen LogP contribution in [-0.4, -0.2) is 79.7 Å². The summed E-state index contributed by atoms with van der Waals surface area (Å²) in [6.07, 6.45) is -8.11. The van der Waals surface area contributed by atoms with Crippen LogP contribution in [-0.2, 0) is 0 Å². The van der Waals surface area contributed by atoms with E-state index >= 15 is 0 Å². The molecule has 0 radical (unpaired) electrons. The summed E-state index contributed by atoms with van der Waals surface area (Å²) in [5.74, 6) is 0. The number of nitrogens with zero attached hydrogens (tertiary/aromatic N) is 2. The largest absolute Gasteiger partial charge is 0.394 e. The number of anilines is 2. The second-order valence-electron chi connectivity index (χ2n) is 6.42. The Balaban J connectivity index is 2.18. The molecule has 0 heterocycles. The Labute approximate surface area is 173 Å². The molecule has 0 aromatic heterocycles. The molecule has 10 heteroatoms. The Morgan fingerprint density at radius 2 is 1.30 bits per heavy atom. The first-order valence-corrected chi connectivity index (χ1v) is 9.18. The van der Waals surface area contributed by atoms with Crippen molar-refractivity contribution in [3.8, 4) is 0 Å². The quantitative estimate of drug-likeness (QED) is 0.176. The molecule has 10 nitrogen and oxygen atoms in total. The lowest BCUT2D eigenvalue weighted by Gasteiger charge is -2.28. The van der Waals surface area contributed by atoms with Gasteiger partial charge < -0.3 is 30.6 Å². The van der Waals surface area contributed by atoms with E-state index in [1.54, 1.807) is 48.5 Å². The molecule has 8 N–H and O–H groups in total. The molecule has 0 aliphatic rings. The highest BCUT2D eigenvalue weighted by Gasteiger charge is 2.35. The van der Waals surface area contributed by atoms with Crippen LogP contribution >= 0.6 is 0 Å². The van der Waals surface area contributed by atoms with Crippen molar-refractivity contribution in [1.82, 2.24) is 0 Å². The fourth-order valence-corrected chi connectivity index (χ4v) is 2.40. The van der Waals surface area contributed by atoms with Gasteiger partial charge in [0.25, 0.3) is 0 Å². The van der Waals surface area contributed by atoms with Crippen molar-refractivity contribution in [3.05, 3.63) is 60.7 Å². The number of hydrogen-bond acceptors (Lipinski definition) is 10. The molecule has 0 fully saturated rings. The average Bonchev–Trinajstić information content (AvgIpc) is 2.80. The van der Waals surface area contributed by atoms with Gasteiger partial charge in [0.15, 0.2) is 0 Å². The van der Waals surface area contributed by atoms with E-state index in [1.807, 2.05) is 12.1 Å². The van der Waals surface area contributed by atoms with Crippen molar-refractivity contribution >= 4 is 23.3 Å². The first kappa shape index (κ1) is 23.4. The second kappa shape index (κ2) is 12.0. The molecule has 0 aliphatic heterocycles. The number of hydrogen-bond donors (Lipinski definition) is 8. The van der Waals surface area contributed by atoms with E-state index in [-0.39, 0.29) is 5.71 Å². The summed E-state index contributed by atoms with van der Waals surface area (Å²) in [6.45, 7) is -0.833. The Bertz CT molecular complexity index is 805. The van der Waals surface area contributed by atoms with E-state index in [1.165, 1.54) is 0 Å². The normalized spacial score (nSPS) is 17.2. The van der Waals surface area contributed by atoms with Crippen molar-refractivity contribution in [2.75, 3.05) is 17.5 Å². The second-order valence-corrected chi connectivity index (χ2v) is 6.42. The molecule has 0 saturated carbocycles. The lowest BCUT2D eigenvalue weighted by molar-refractivity contribution is -0.130. The lowest BCUT2D eigenvalue weighted by Crippen LogP contribution is -2.52. The highest BCUT2D eigenvalue weighted by Crippen LogP contribution is 2.11.